The van der Waals surface area contributed by atoms with Crippen LogP contribution in [0.5, 0.6) is 0 Å². The highest BCUT2D eigenvalue weighted by Crippen LogP contribution is 2.24. The predicted molar refractivity (Wildman–Crippen MR) is 58.9 cm³/mol. The Labute approximate surface area is 97.0 Å². The molecule has 0 atom stereocenters. The zero-order valence-electron chi connectivity index (χ0n) is 7.49. The number of ether oxygens (including phenoxy) is 1. The summed E-state index contributed by atoms with van der Waals surface area (Å²) in [6, 6.07) is 0. The highest BCUT2D eigenvalue weighted by molar-refractivity contribution is 9.09. The monoisotopic (exact) mass is 290 g/mol. The summed E-state index contributed by atoms with van der Waals surface area (Å²) < 4.78 is 4.99. The van der Waals surface area contributed by atoms with Gasteiger partial charge in [0, 0.05) is 28.9 Å². The molecule has 0 aromatic carbocycles. The van der Waals surface area contributed by atoms with Crippen molar-refractivity contribution in [2.45, 2.75) is 13.3 Å². The first kappa shape index (κ1) is 13.5. The van der Waals surface area contributed by atoms with Crippen LogP contribution in [-0.2, 0) is 9.53 Å². The van der Waals surface area contributed by atoms with Gasteiger partial charge in [0.2, 0.25) is 0 Å². The van der Waals surface area contributed by atoms with Crippen molar-refractivity contribution in [2.75, 3.05) is 23.7 Å². The Hall–Kier alpha value is 0.530. The van der Waals surface area contributed by atoms with Gasteiger partial charge < -0.3 is 4.74 Å². The SMILES string of the molecule is CCC(=O)OCC(CCl)(CCl)CBr. The van der Waals surface area contributed by atoms with Crippen molar-refractivity contribution < 1.29 is 9.53 Å². The van der Waals surface area contributed by atoms with Crippen LogP contribution >= 0.6 is 39.1 Å². The molecule has 0 aliphatic rings. The average molecular weight is 292 g/mol. The molecule has 0 amide bonds. The molecule has 0 unspecified atom stereocenters. The minimum Gasteiger partial charge on any atom is -0.465 e. The van der Waals surface area contributed by atoms with Crippen molar-refractivity contribution in [1.29, 1.82) is 0 Å². The van der Waals surface area contributed by atoms with Gasteiger partial charge >= 0.3 is 5.97 Å². The Morgan fingerprint density at radius 1 is 1.46 bits per heavy atom. The van der Waals surface area contributed by atoms with Gasteiger partial charge in [0.25, 0.3) is 0 Å². The quantitative estimate of drug-likeness (QED) is 0.556. The first-order valence-corrected chi connectivity index (χ1v) is 6.16. The van der Waals surface area contributed by atoms with Crippen LogP contribution in [0.2, 0.25) is 0 Å². The van der Waals surface area contributed by atoms with Gasteiger partial charge in [-0.25, -0.2) is 0 Å². The highest BCUT2D eigenvalue weighted by atomic mass is 79.9. The first-order chi connectivity index (χ1) is 6.14. The Bertz CT molecular complexity index is 152. The summed E-state index contributed by atoms with van der Waals surface area (Å²) in [5.74, 6) is 0.526. The van der Waals surface area contributed by atoms with Gasteiger partial charge in [-0.15, -0.1) is 23.2 Å². The molecule has 0 aliphatic heterocycles. The summed E-state index contributed by atoms with van der Waals surface area (Å²) in [6.45, 7) is 2.03. The standard InChI is InChI=1S/C8H13BrCl2O2/c1-2-7(12)13-6-8(3-9,4-10)5-11/h2-6H2,1H3. The molecule has 0 saturated heterocycles. The van der Waals surface area contributed by atoms with Gasteiger partial charge in [-0.1, -0.05) is 22.9 Å². The van der Waals surface area contributed by atoms with Gasteiger partial charge in [0.1, 0.15) is 0 Å². The van der Waals surface area contributed by atoms with E-state index in [1.807, 2.05) is 0 Å². The van der Waals surface area contributed by atoms with E-state index in [-0.39, 0.29) is 18.0 Å². The van der Waals surface area contributed by atoms with Crippen molar-refractivity contribution in [1.82, 2.24) is 0 Å². The summed E-state index contributed by atoms with van der Waals surface area (Å²) in [4.78, 5) is 10.9. The lowest BCUT2D eigenvalue weighted by Gasteiger charge is -2.26. The van der Waals surface area contributed by atoms with E-state index >= 15 is 0 Å². The van der Waals surface area contributed by atoms with Gasteiger partial charge in [-0.3, -0.25) is 4.79 Å². The van der Waals surface area contributed by atoms with E-state index in [1.54, 1.807) is 6.92 Å². The molecule has 0 aliphatic carbocycles. The maximum absolute atomic E-state index is 10.9. The Balaban J connectivity index is 4.02. The summed E-state index contributed by atoms with van der Waals surface area (Å²) in [5.41, 5.74) is -0.339. The number of alkyl halides is 3. The topological polar surface area (TPSA) is 26.3 Å². The fraction of sp³-hybridized carbons (Fsp3) is 0.875. The predicted octanol–water partition coefficient (Wildman–Crippen LogP) is 2.80. The van der Waals surface area contributed by atoms with E-state index in [4.69, 9.17) is 27.9 Å². The summed E-state index contributed by atoms with van der Waals surface area (Å²) in [5, 5.41) is 0.629. The lowest BCUT2D eigenvalue weighted by atomic mass is 9.98. The van der Waals surface area contributed by atoms with Crippen LogP contribution in [-0.4, -0.2) is 29.7 Å². The molecule has 0 aromatic rings. The second-order valence-electron chi connectivity index (χ2n) is 2.92. The number of carbonyl (C=O) groups excluding carboxylic acids is 1. The Morgan fingerprint density at radius 2 is 2.00 bits per heavy atom. The van der Waals surface area contributed by atoms with Crippen LogP contribution in [0.15, 0.2) is 0 Å². The molecule has 13 heavy (non-hydrogen) atoms. The smallest absolute Gasteiger partial charge is 0.305 e. The second-order valence-corrected chi connectivity index (χ2v) is 4.01. The van der Waals surface area contributed by atoms with E-state index in [0.717, 1.165) is 0 Å². The largest absolute Gasteiger partial charge is 0.465 e. The molecule has 2 nitrogen and oxygen atoms in total. The number of hydrogen-bond donors (Lipinski definition) is 0. The molecular weight excluding hydrogens is 279 g/mol. The van der Waals surface area contributed by atoms with Gasteiger partial charge in [-0.05, 0) is 0 Å². The minimum atomic E-state index is -0.339. The Morgan fingerprint density at radius 3 is 2.31 bits per heavy atom. The molecule has 78 valence electrons. The summed E-state index contributed by atoms with van der Waals surface area (Å²) >= 11 is 14.8. The maximum Gasteiger partial charge on any atom is 0.305 e. The fourth-order valence-electron chi connectivity index (χ4n) is 0.559. The van der Waals surface area contributed by atoms with Crippen LogP contribution in [0.3, 0.4) is 0 Å². The van der Waals surface area contributed by atoms with E-state index in [9.17, 15) is 4.79 Å². The number of hydrogen-bond acceptors (Lipinski definition) is 2. The normalized spacial score (nSPS) is 11.4. The van der Waals surface area contributed by atoms with Crippen molar-refractivity contribution in [3.05, 3.63) is 0 Å². The van der Waals surface area contributed by atoms with Gasteiger partial charge in [0.05, 0.1) is 6.61 Å². The first-order valence-electron chi connectivity index (χ1n) is 3.97. The summed E-state index contributed by atoms with van der Waals surface area (Å²) in [6.07, 6.45) is 0.378. The lowest BCUT2D eigenvalue weighted by molar-refractivity contribution is -0.145. The number of rotatable bonds is 6. The zero-order valence-corrected chi connectivity index (χ0v) is 10.6. The molecule has 5 heteroatoms. The molecule has 0 bridgehead atoms. The highest BCUT2D eigenvalue weighted by Gasteiger charge is 2.28. The molecule has 0 fully saturated rings. The van der Waals surface area contributed by atoms with Crippen LogP contribution in [0.4, 0.5) is 0 Å². The molecule has 0 spiro atoms. The molecule has 0 radical (unpaired) electrons. The van der Waals surface area contributed by atoms with Crippen LogP contribution in [0.25, 0.3) is 0 Å². The third kappa shape index (κ3) is 4.52. The number of esters is 1. The average Bonchev–Trinajstić information content (AvgIpc) is 2.20. The number of halogens is 3. The number of carbonyl (C=O) groups is 1. The Kier molecular flexibility index (Phi) is 7.19. The van der Waals surface area contributed by atoms with E-state index < -0.39 is 0 Å². The zero-order chi connectivity index (χ0) is 10.3. The third-order valence-corrected chi connectivity index (χ3v) is 4.00. The molecule has 0 N–H and O–H groups in total. The molecule has 0 rings (SSSR count). The fourth-order valence-corrected chi connectivity index (χ4v) is 2.20. The molecular formula is C8H13BrCl2O2. The summed E-state index contributed by atoms with van der Waals surface area (Å²) in [7, 11) is 0. The second kappa shape index (κ2) is 6.91. The molecule has 0 heterocycles. The maximum atomic E-state index is 10.9. The molecule has 0 aromatic heterocycles. The van der Waals surface area contributed by atoms with Crippen LogP contribution < -0.4 is 0 Å². The lowest BCUT2D eigenvalue weighted by Crippen LogP contribution is -2.34. The third-order valence-electron chi connectivity index (χ3n) is 1.68. The van der Waals surface area contributed by atoms with Gasteiger partial charge in [-0.2, -0.15) is 0 Å². The molecule has 0 saturated carbocycles. The van der Waals surface area contributed by atoms with Crippen molar-refractivity contribution in [3.63, 3.8) is 0 Å². The van der Waals surface area contributed by atoms with Crippen molar-refractivity contribution in [3.8, 4) is 0 Å². The van der Waals surface area contributed by atoms with E-state index in [0.29, 0.717) is 23.5 Å². The van der Waals surface area contributed by atoms with Gasteiger partial charge in [0.15, 0.2) is 0 Å². The van der Waals surface area contributed by atoms with Crippen LogP contribution in [0, 0.1) is 5.41 Å². The van der Waals surface area contributed by atoms with E-state index in [2.05, 4.69) is 15.9 Å². The van der Waals surface area contributed by atoms with Crippen molar-refractivity contribution in [2.24, 2.45) is 5.41 Å². The van der Waals surface area contributed by atoms with Crippen molar-refractivity contribution >= 4 is 45.1 Å². The van der Waals surface area contributed by atoms with E-state index in [1.165, 1.54) is 0 Å². The van der Waals surface area contributed by atoms with Crippen LogP contribution in [0.1, 0.15) is 13.3 Å². The minimum absolute atomic E-state index is 0.222.